The first-order chi connectivity index (χ1) is 7.77. The standard InChI is InChI=1S/C12H15F4N/c1-3-7(2)11(17)9-5-4-8(13)6-10(9)12(14,15)16/h4-7,11H,3,17H2,1-2H3/t7?,11-/m1/s1. The summed E-state index contributed by atoms with van der Waals surface area (Å²) in [4.78, 5) is 0. The summed E-state index contributed by atoms with van der Waals surface area (Å²) in [5.74, 6) is -1.00. The summed E-state index contributed by atoms with van der Waals surface area (Å²) in [6.07, 6.45) is -3.92. The molecule has 1 rings (SSSR count). The van der Waals surface area contributed by atoms with Gasteiger partial charge in [0.05, 0.1) is 5.56 Å². The highest BCUT2D eigenvalue weighted by Gasteiger charge is 2.35. The van der Waals surface area contributed by atoms with Crippen molar-refractivity contribution >= 4 is 0 Å². The van der Waals surface area contributed by atoms with Gasteiger partial charge in [0.1, 0.15) is 5.82 Å². The van der Waals surface area contributed by atoms with Crippen LogP contribution in [0.1, 0.15) is 37.4 Å². The molecular formula is C12H15F4N. The summed E-state index contributed by atoms with van der Waals surface area (Å²) >= 11 is 0. The van der Waals surface area contributed by atoms with Gasteiger partial charge in [-0.2, -0.15) is 13.2 Å². The van der Waals surface area contributed by atoms with Gasteiger partial charge in [0.2, 0.25) is 0 Å². The molecule has 0 spiro atoms. The molecule has 2 N–H and O–H groups in total. The molecule has 0 aromatic heterocycles. The van der Waals surface area contributed by atoms with Crippen LogP contribution >= 0.6 is 0 Å². The van der Waals surface area contributed by atoms with E-state index in [1.165, 1.54) is 0 Å². The van der Waals surface area contributed by atoms with E-state index < -0.39 is 23.6 Å². The van der Waals surface area contributed by atoms with E-state index >= 15 is 0 Å². The molecule has 0 aliphatic carbocycles. The van der Waals surface area contributed by atoms with E-state index in [1.54, 1.807) is 6.92 Å². The Bertz CT molecular complexity index is 387. The first kappa shape index (κ1) is 14.0. The van der Waals surface area contributed by atoms with Crippen molar-refractivity contribution in [3.63, 3.8) is 0 Å². The van der Waals surface area contributed by atoms with Crippen molar-refractivity contribution in [2.24, 2.45) is 11.7 Å². The maximum absolute atomic E-state index is 12.9. The van der Waals surface area contributed by atoms with E-state index in [2.05, 4.69) is 0 Å². The lowest BCUT2D eigenvalue weighted by atomic mass is 9.90. The average molecular weight is 249 g/mol. The summed E-state index contributed by atoms with van der Waals surface area (Å²) in [6, 6.07) is 1.89. The second-order valence-corrected chi connectivity index (χ2v) is 4.14. The van der Waals surface area contributed by atoms with Crippen molar-refractivity contribution in [2.75, 3.05) is 0 Å². The van der Waals surface area contributed by atoms with Crippen LogP contribution in [-0.4, -0.2) is 0 Å². The Labute approximate surface area is 97.6 Å². The highest BCUT2D eigenvalue weighted by Crippen LogP contribution is 2.36. The third-order valence-electron chi connectivity index (χ3n) is 2.94. The lowest BCUT2D eigenvalue weighted by Gasteiger charge is -2.22. The summed E-state index contributed by atoms with van der Waals surface area (Å²) in [7, 11) is 0. The molecule has 17 heavy (non-hydrogen) atoms. The van der Waals surface area contributed by atoms with Gasteiger partial charge in [-0.05, 0) is 23.6 Å². The predicted octanol–water partition coefficient (Wildman–Crippen LogP) is 3.89. The summed E-state index contributed by atoms with van der Waals surface area (Å²) in [6.45, 7) is 3.62. The highest BCUT2D eigenvalue weighted by molar-refractivity contribution is 5.33. The number of nitrogens with two attached hydrogens (primary N) is 1. The molecule has 0 amide bonds. The minimum absolute atomic E-state index is 0.0479. The van der Waals surface area contributed by atoms with Crippen molar-refractivity contribution in [3.05, 3.63) is 35.1 Å². The predicted molar refractivity (Wildman–Crippen MR) is 57.8 cm³/mol. The lowest BCUT2D eigenvalue weighted by molar-refractivity contribution is -0.138. The fourth-order valence-corrected chi connectivity index (χ4v) is 1.63. The molecule has 0 radical (unpaired) electrons. The van der Waals surface area contributed by atoms with Crippen molar-refractivity contribution < 1.29 is 17.6 Å². The Balaban J connectivity index is 3.24. The van der Waals surface area contributed by atoms with E-state index in [4.69, 9.17) is 5.73 Å². The Morgan fingerprint density at radius 1 is 1.29 bits per heavy atom. The fraction of sp³-hybridized carbons (Fsp3) is 0.500. The average Bonchev–Trinajstić information content (AvgIpc) is 2.25. The van der Waals surface area contributed by atoms with Gasteiger partial charge < -0.3 is 5.73 Å². The summed E-state index contributed by atoms with van der Waals surface area (Å²) in [5.41, 5.74) is 4.75. The van der Waals surface area contributed by atoms with Gasteiger partial charge in [-0.15, -0.1) is 0 Å². The second kappa shape index (κ2) is 5.04. The van der Waals surface area contributed by atoms with Crippen molar-refractivity contribution in [2.45, 2.75) is 32.5 Å². The Morgan fingerprint density at radius 3 is 2.35 bits per heavy atom. The molecule has 0 heterocycles. The summed E-state index contributed by atoms with van der Waals surface area (Å²) in [5, 5.41) is 0. The lowest BCUT2D eigenvalue weighted by Crippen LogP contribution is -2.23. The Hall–Kier alpha value is -1.10. The van der Waals surface area contributed by atoms with Crippen LogP contribution in [0.2, 0.25) is 0 Å². The van der Waals surface area contributed by atoms with Crippen LogP contribution in [0.3, 0.4) is 0 Å². The van der Waals surface area contributed by atoms with Gasteiger partial charge in [0.15, 0.2) is 0 Å². The second-order valence-electron chi connectivity index (χ2n) is 4.14. The first-order valence-corrected chi connectivity index (χ1v) is 5.39. The molecule has 2 atom stereocenters. The SMILES string of the molecule is CCC(C)[C@@H](N)c1ccc(F)cc1C(F)(F)F. The third kappa shape index (κ3) is 3.19. The van der Waals surface area contributed by atoms with Gasteiger partial charge in [-0.1, -0.05) is 26.3 Å². The summed E-state index contributed by atoms with van der Waals surface area (Å²) < 4.78 is 51.1. The monoisotopic (exact) mass is 249 g/mol. The molecule has 1 aromatic rings. The molecule has 0 saturated carbocycles. The fourth-order valence-electron chi connectivity index (χ4n) is 1.63. The molecule has 5 heteroatoms. The topological polar surface area (TPSA) is 26.0 Å². The van der Waals surface area contributed by atoms with Gasteiger partial charge in [-0.3, -0.25) is 0 Å². The number of hydrogen-bond acceptors (Lipinski definition) is 1. The van der Waals surface area contributed by atoms with E-state index in [0.29, 0.717) is 12.5 Å². The zero-order valence-corrected chi connectivity index (χ0v) is 9.68. The molecule has 1 unspecified atom stereocenters. The molecule has 1 aromatic carbocycles. The normalized spacial score (nSPS) is 15.7. The Kier molecular flexibility index (Phi) is 4.14. The number of hydrogen-bond donors (Lipinski definition) is 1. The van der Waals surface area contributed by atoms with Crippen LogP contribution in [0.4, 0.5) is 17.6 Å². The van der Waals surface area contributed by atoms with Crippen LogP contribution < -0.4 is 5.73 Å². The van der Waals surface area contributed by atoms with Crippen molar-refractivity contribution in [1.82, 2.24) is 0 Å². The smallest absolute Gasteiger partial charge is 0.324 e. The molecule has 1 nitrogen and oxygen atoms in total. The van der Waals surface area contributed by atoms with Crippen LogP contribution in [0, 0.1) is 11.7 Å². The van der Waals surface area contributed by atoms with Crippen molar-refractivity contribution in [1.29, 1.82) is 0 Å². The minimum Gasteiger partial charge on any atom is -0.324 e. The van der Waals surface area contributed by atoms with Crippen LogP contribution in [-0.2, 0) is 6.18 Å². The minimum atomic E-state index is -4.58. The van der Waals surface area contributed by atoms with Gasteiger partial charge in [0, 0.05) is 6.04 Å². The molecule has 0 fully saturated rings. The molecule has 0 bridgehead atoms. The zero-order valence-electron chi connectivity index (χ0n) is 9.68. The van der Waals surface area contributed by atoms with Crippen molar-refractivity contribution in [3.8, 4) is 0 Å². The number of benzene rings is 1. The Morgan fingerprint density at radius 2 is 1.88 bits per heavy atom. The van der Waals surface area contributed by atoms with Crippen LogP contribution in [0.5, 0.6) is 0 Å². The van der Waals surface area contributed by atoms with E-state index in [0.717, 1.165) is 12.1 Å². The van der Waals surface area contributed by atoms with E-state index in [1.807, 2.05) is 6.92 Å². The van der Waals surface area contributed by atoms with Crippen LogP contribution in [0.25, 0.3) is 0 Å². The molecule has 96 valence electrons. The quantitative estimate of drug-likeness (QED) is 0.808. The van der Waals surface area contributed by atoms with E-state index in [9.17, 15) is 17.6 Å². The largest absolute Gasteiger partial charge is 0.416 e. The van der Waals surface area contributed by atoms with Gasteiger partial charge in [0.25, 0.3) is 0 Å². The van der Waals surface area contributed by atoms with Gasteiger partial charge >= 0.3 is 6.18 Å². The maximum atomic E-state index is 12.9. The first-order valence-electron chi connectivity index (χ1n) is 5.39. The maximum Gasteiger partial charge on any atom is 0.416 e. The number of halogens is 4. The molecular weight excluding hydrogens is 234 g/mol. The molecule has 0 aliphatic rings. The third-order valence-corrected chi connectivity index (χ3v) is 2.94. The molecule has 0 saturated heterocycles. The van der Waals surface area contributed by atoms with Crippen LogP contribution in [0.15, 0.2) is 18.2 Å². The number of rotatable bonds is 3. The van der Waals surface area contributed by atoms with Gasteiger partial charge in [-0.25, -0.2) is 4.39 Å². The van der Waals surface area contributed by atoms with E-state index in [-0.39, 0.29) is 11.5 Å². The highest BCUT2D eigenvalue weighted by atomic mass is 19.4. The zero-order chi connectivity index (χ0) is 13.2. The number of alkyl halides is 3. The molecule has 0 aliphatic heterocycles.